The van der Waals surface area contributed by atoms with Crippen LogP contribution in [0.1, 0.15) is 16.8 Å². The van der Waals surface area contributed by atoms with Crippen molar-refractivity contribution in [3.63, 3.8) is 0 Å². The SMILES string of the molecule is Cc1[nH+]ccc(C(F)(F)F)c1C(F)(F)F. The number of aromatic amines is 1. The van der Waals surface area contributed by atoms with Crippen LogP contribution in [0.5, 0.6) is 0 Å². The molecule has 0 bridgehead atoms. The van der Waals surface area contributed by atoms with Gasteiger partial charge in [0.1, 0.15) is 5.56 Å². The molecule has 1 heterocycles. The Hall–Kier alpha value is -1.27. The Balaban J connectivity index is 3.48. The van der Waals surface area contributed by atoms with E-state index in [1.165, 1.54) is 0 Å². The van der Waals surface area contributed by atoms with Crippen molar-refractivity contribution in [2.45, 2.75) is 19.3 Å². The molecule has 15 heavy (non-hydrogen) atoms. The topological polar surface area (TPSA) is 14.1 Å². The molecule has 7 heteroatoms. The molecule has 0 unspecified atom stereocenters. The Bertz CT molecular complexity index is 364. The maximum atomic E-state index is 12.3. The molecule has 0 aliphatic carbocycles. The Morgan fingerprint density at radius 1 is 1.00 bits per heavy atom. The van der Waals surface area contributed by atoms with E-state index in [0.717, 1.165) is 13.1 Å². The van der Waals surface area contributed by atoms with Crippen molar-refractivity contribution >= 4 is 0 Å². The van der Waals surface area contributed by atoms with E-state index >= 15 is 0 Å². The number of aromatic nitrogens is 1. The number of alkyl halides is 6. The molecule has 1 rings (SSSR count). The molecule has 0 atom stereocenters. The molecule has 1 aromatic heterocycles. The van der Waals surface area contributed by atoms with Crippen molar-refractivity contribution in [2.24, 2.45) is 0 Å². The van der Waals surface area contributed by atoms with Crippen molar-refractivity contribution in [3.8, 4) is 0 Å². The fraction of sp³-hybridized carbons (Fsp3) is 0.375. The summed E-state index contributed by atoms with van der Waals surface area (Å²) in [5.41, 5.74) is -3.90. The van der Waals surface area contributed by atoms with Crippen LogP contribution in [-0.4, -0.2) is 0 Å². The molecule has 84 valence electrons. The zero-order valence-electron chi connectivity index (χ0n) is 7.42. The summed E-state index contributed by atoms with van der Waals surface area (Å²) in [6.45, 7) is 0.943. The van der Waals surface area contributed by atoms with Crippen LogP contribution in [-0.2, 0) is 12.4 Å². The van der Waals surface area contributed by atoms with Crippen molar-refractivity contribution in [1.82, 2.24) is 0 Å². The molecule has 1 N–H and O–H groups in total. The van der Waals surface area contributed by atoms with Gasteiger partial charge in [-0.15, -0.1) is 0 Å². The predicted octanol–water partition coefficient (Wildman–Crippen LogP) is 2.85. The third kappa shape index (κ3) is 2.40. The van der Waals surface area contributed by atoms with E-state index in [4.69, 9.17) is 0 Å². The summed E-state index contributed by atoms with van der Waals surface area (Å²) >= 11 is 0. The highest BCUT2D eigenvalue weighted by Gasteiger charge is 2.46. The summed E-state index contributed by atoms with van der Waals surface area (Å²) in [6.07, 6.45) is -9.20. The van der Waals surface area contributed by atoms with Gasteiger partial charge >= 0.3 is 12.4 Å². The third-order valence-corrected chi connectivity index (χ3v) is 1.78. The fourth-order valence-corrected chi connectivity index (χ4v) is 1.21. The number of rotatable bonds is 0. The first kappa shape index (κ1) is 11.8. The lowest BCUT2D eigenvalue weighted by atomic mass is 10.1. The first-order valence-electron chi connectivity index (χ1n) is 3.79. The van der Waals surface area contributed by atoms with Crippen molar-refractivity contribution in [1.29, 1.82) is 0 Å². The van der Waals surface area contributed by atoms with Gasteiger partial charge in [0.15, 0.2) is 11.9 Å². The Morgan fingerprint density at radius 3 is 1.87 bits per heavy atom. The molecule has 0 amide bonds. The number of hydrogen-bond acceptors (Lipinski definition) is 0. The average Bonchev–Trinajstić information content (AvgIpc) is 1.99. The van der Waals surface area contributed by atoms with E-state index in [2.05, 4.69) is 4.98 Å². The van der Waals surface area contributed by atoms with Gasteiger partial charge in [0.2, 0.25) is 0 Å². The second-order valence-electron chi connectivity index (χ2n) is 2.89. The van der Waals surface area contributed by atoms with Gasteiger partial charge in [0.05, 0.1) is 5.56 Å². The van der Waals surface area contributed by atoms with E-state index in [0.29, 0.717) is 6.07 Å². The summed E-state index contributed by atoms with van der Waals surface area (Å²) in [4.78, 5) is 2.10. The molecule has 0 saturated carbocycles. The second-order valence-corrected chi connectivity index (χ2v) is 2.89. The van der Waals surface area contributed by atoms with Crippen molar-refractivity contribution in [3.05, 3.63) is 29.1 Å². The smallest absolute Gasteiger partial charge is 0.215 e. The maximum absolute atomic E-state index is 12.3. The minimum atomic E-state index is -5.02. The van der Waals surface area contributed by atoms with E-state index in [1.54, 1.807) is 0 Å². The van der Waals surface area contributed by atoms with Crippen LogP contribution in [0.25, 0.3) is 0 Å². The standard InChI is InChI=1S/C8H5F6N/c1-4-6(8(12,13)14)5(2-3-15-4)7(9,10)11/h2-3H,1H3/p+1. The maximum Gasteiger partial charge on any atom is 0.423 e. The van der Waals surface area contributed by atoms with Crippen molar-refractivity contribution < 1.29 is 31.3 Å². The normalized spacial score (nSPS) is 13.0. The number of H-pyrrole nitrogens is 1. The molecule has 0 aliphatic rings. The second kappa shape index (κ2) is 3.39. The van der Waals surface area contributed by atoms with Gasteiger partial charge in [-0.25, -0.2) is 4.98 Å². The first-order valence-corrected chi connectivity index (χ1v) is 3.79. The Labute approximate surface area is 80.7 Å². The minimum Gasteiger partial charge on any atom is -0.215 e. The largest absolute Gasteiger partial charge is 0.423 e. The lowest BCUT2D eigenvalue weighted by Crippen LogP contribution is -2.23. The molecular weight excluding hydrogens is 224 g/mol. The van der Waals surface area contributed by atoms with Gasteiger partial charge in [-0.05, 0) is 0 Å². The van der Waals surface area contributed by atoms with Gasteiger partial charge in [-0.2, -0.15) is 26.3 Å². The van der Waals surface area contributed by atoms with Gasteiger partial charge < -0.3 is 0 Å². The number of aryl methyl sites for hydroxylation is 1. The minimum absolute atomic E-state index is 0.371. The molecule has 0 aromatic carbocycles. The van der Waals surface area contributed by atoms with E-state index in [-0.39, 0.29) is 0 Å². The van der Waals surface area contributed by atoms with Crippen LogP contribution in [0.4, 0.5) is 26.3 Å². The highest BCUT2D eigenvalue weighted by molar-refractivity contribution is 5.31. The Kier molecular flexibility index (Phi) is 2.67. The number of halogens is 6. The molecule has 1 nitrogen and oxygen atoms in total. The highest BCUT2D eigenvalue weighted by atomic mass is 19.4. The van der Waals surface area contributed by atoms with Crippen LogP contribution in [0.3, 0.4) is 0 Å². The molecule has 0 fully saturated rings. The van der Waals surface area contributed by atoms with Crippen LogP contribution < -0.4 is 4.98 Å². The summed E-state index contributed by atoms with van der Waals surface area (Å²) in [5, 5.41) is 0. The highest BCUT2D eigenvalue weighted by Crippen LogP contribution is 2.40. The van der Waals surface area contributed by atoms with Gasteiger partial charge in [-0.1, -0.05) is 0 Å². The number of hydrogen-bond donors (Lipinski definition) is 0. The lowest BCUT2D eigenvalue weighted by molar-refractivity contribution is -0.391. The molecular formula is C8H6F6N+. The van der Waals surface area contributed by atoms with Crippen LogP contribution in [0, 0.1) is 6.92 Å². The predicted molar refractivity (Wildman–Crippen MR) is 37.7 cm³/mol. The third-order valence-electron chi connectivity index (χ3n) is 1.78. The fourth-order valence-electron chi connectivity index (χ4n) is 1.21. The number of nitrogens with one attached hydrogen (secondary N) is 1. The molecule has 0 saturated heterocycles. The van der Waals surface area contributed by atoms with Gasteiger partial charge in [0.25, 0.3) is 0 Å². The molecule has 0 spiro atoms. The first-order chi connectivity index (χ1) is 6.64. The van der Waals surface area contributed by atoms with Crippen molar-refractivity contribution in [2.75, 3.05) is 0 Å². The quantitative estimate of drug-likeness (QED) is 0.608. The van der Waals surface area contributed by atoms with Crippen LogP contribution >= 0.6 is 0 Å². The zero-order chi connectivity index (χ0) is 11.9. The molecule has 0 radical (unpaired) electrons. The summed E-state index contributed by atoms with van der Waals surface area (Å²) < 4.78 is 73.7. The van der Waals surface area contributed by atoms with E-state index in [9.17, 15) is 26.3 Å². The van der Waals surface area contributed by atoms with Gasteiger partial charge in [-0.3, -0.25) is 0 Å². The van der Waals surface area contributed by atoms with Gasteiger partial charge in [0, 0.05) is 13.0 Å². The van der Waals surface area contributed by atoms with E-state index in [1.807, 2.05) is 0 Å². The average molecular weight is 230 g/mol. The van der Waals surface area contributed by atoms with Crippen LogP contribution in [0.2, 0.25) is 0 Å². The monoisotopic (exact) mass is 230 g/mol. The Morgan fingerprint density at radius 2 is 1.53 bits per heavy atom. The molecule has 0 aliphatic heterocycles. The zero-order valence-corrected chi connectivity index (χ0v) is 7.42. The summed E-state index contributed by atoms with van der Waals surface area (Å²) in [6, 6.07) is 0.371. The lowest BCUT2D eigenvalue weighted by Gasteiger charge is -2.13. The van der Waals surface area contributed by atoms with Crippen LogP contribution in [0.15, 0.2) is 12.3 Å². The molecule has 1 aromatic rings. The van der Waals surface area contributed by atoms with E-state index < -0.39 is 29.2 Å². The summed E-state index contributed by atoms with van der Waals surface area (Å²) in [7, 11) is 0. The number of pyridine rings is 1. The summed E-state index contributed by atoms with van der Waals surface area (Å²) in [5.74, 6) is 0.